The lowest BCUT2D eigenvalue weighted by atomic mass is 10.1. The largest absolute Gasteiger partial charge is 0.278 e. The van der Waals surface area contributed by atoms with Crippen molar-refractivity contribution >= 4 is 34.0 Å². The van der Waals surface area contributed by atoms with Crippen LogP contribution in [0.3, 0.4) is 0 Å². The molecule has 100 valence electrons. The van der Waals surface area contributed by atoms with Crippen molar-refractivity contribution in [2.45, 2.75) is 0 Å². The second-order valence-corrected chi connectivity index (χ2v) is 4.79. The monoisotopic (exact) mass is 272 g/mol. The van der Waals surface area contributed by atoms with Gasteiger partial charge in [0.15, 0.2) is 0 Å². The summed E-state index contributed by atoms with van der Waals surface area (Å²) < 4.78 is 0. The summed E-state index contributed by atoms with van der Waals surface area (Å²) >= 11 is 0. The molecule has 0 aliphatic heterocycles. The number of hydrogen-bond donors (Lipinski definition) is 1. The molecule has 0 atom stereocenters. The van der Waals surface area contributed by atoms with Crippen molar-refractivity contribution in [3.8, 4) is 0 Å². The van der Waals surface area contributed by atoms with Crippen LogP contribution >= 0.6 is 0 Å². The number of pyridine rings is 2. The zero-order valence-electron chi connectivity index (χ0n) is 11.2. The van der Waals surface area contributed by atoms with Crippen LogP contribution in [-0.4, -0.2) is 20.2 Å². The van der Waals surface area contributed by atoms with E-state index >= 15 is 0 Å². The number of rotatable bonds is 2. The number of hydrogen-bond acceptors (Lipinski definition) is 3. The highest BCUT2D eigenvalue weighted by Gasteiger charge is 2.03. The van der Waals surface area contributed by atoms with E-state index in [2.05, 4.69) is 27.3 Å². The second kappa shape index (κ2) is 4.83. The zero-order chi connectivity index (χ0) is 14.1. The van der Waals surface area contributed by atoms with E-state index in [-0.39, 0.29) is 0 Å². The molecule has 4 rings (SSSR count). The first-order chi connectivity index (χ1) is 10.4. The fraction of sp³-hybridized carbons (Fsp3) is 0. The highest BCUT2D eigenvalue weighted by molar-refractivity contribution is 6.03. The Morgan fingerprint density at radius 1 is 0.905 bits per heavy atom. The van der Waals surface area contributed by atoms with Gasteiger partial charge in [0, 0.05) is 17.0 Å². The molecule has 1 N–H and O–H groups in total. The van der Waals surface area contributed by atoms with E-state index in [1.54, 1.807) is 6.20 Å². The Morgan fingerprint density at radius 3 is 2.71 bits per heavy atom. The third kappa shape index (κ3) is 2.17. The van der Waals surface area contributed by atoms with Gasteiger partial charge in [-0.05, 0) is 36.4 Å². The molecule has 3 aromatic heterocycles. The zero-order valence-corrected chi connectivity index (χ0v) is 11.2. The number of aromatic nitrogens is 4. The van der Waals surface area contributed by atoms with Gasteiger partial charge in [0.1, 0.15) is 0 Å². The molecular formula is C17H12N4. The summed E-state index contributed by atoms with van der Waals surface area (Å²) in [6, 6.07) is 14.0. The van der Waals surface area contributed by atoms with Crippen molar-refractivity contribution < 1.29 is 0 Å². The van der Waals surface area contributed by atoms with Crippen molar-refractivity contribution in [3.05, 3.63) is 66.2 Å². The topological polar surface area (TPSA) is 54.5 Å². The minimum atomic E-state index is 0.904. The van der Waals surface area contributed by atoms with Crippen LogP contribution in [0.2, 0.25) is 0 Å². The summed E-state index contributed by atoms with van der Waals surface area (Å²) in [7, 11) is 0. The number of fused-ring (bicyclic) bond motifs is 3. The SMILES string of the molecule is C(=Cc1ccc2ccc3[nH]ncc3c2n1)c1ccccn1. The lowest BCUT2D eigenvalue weighted by Crippen LogP contribution is -1.84. The average Bonchev–Trinajstić information content (AvgIpc) is 3.03. The van der Waals surface area contributed by atoms with Gasteiger partial charge in [0.25, 0.3) is 0 Å². The molecular weight excluding hydrogens is 260 g/mol. The standard InChI is InChI=1S/C17H12N4/c1-2-10-18-13(3-1)7-8-14-6-4-12-5-9-16-15(11-19-21-16)17(12)20-14/h1-11H,(H,19,21). The van der Waals surface area contributed by atoms with E-state index in [9.17, 15) is 0 Å². The minimum absolute atomic E-state index is 0.904. The smallest absolute Gasteiger partial charge is 0.0819 e. The van der Waals surface area contributed by atoms with Gasteiger partial charge in [0.2, 0.25) is 0 Å². The first kappa shape index (κ1) is 11.8. The molecule has 4 nitrogen and oxygen atoms in total. The van der Waals surface area contributed by atoms with Crippen LogP contribution in [0.15, 0.2) is 54.9 Å². The van der Waals surface area contributed by atoms with Crippen LogP contribution in [0.1, 0.15) is 11.4 Å². The molecule has 0 amide bonds. The maximum absolute atomic E-state index is 4.72. The Kier molecular flexibility index (Phi) is 2.71. The normalized spacial score (nSPS) is 11.6. The molecule has 0 aliphatic carbocycles. The summed E-state index contributed by atoms with van der Waals surface area (Å²) in [5.41, 5.74) is 3.79. The van der Waals surface area contributed by atoms with Gasteiger partial charge in [-0.3, -0.25) is 10.1 Å². The predicted octanol–water partition coefficient (Wildman–Crippen LogP) is 3.68. The summed E-state index contributed by atoms with van der Waals surface area (Å²) in [6.45, 7) is 0. The van der Waals surface area contributed by atoms with E-state index in [0.29, 0.717) is 0 Å². The van der Waals surface area contributed by atoms with Crippen LogP contribution in [-0.2, 0) is 0 Å². The second-order valence-electron chi connectivity index (χ2n) is 4.79. The minimum Gasteiger partial charge on any atom is -0.278 e. The molecule has 4 heteroatoms. The van der Waals surface area contributed by atoms with Crippen molar-refractivity contribution in [1.82, 2.24) is 20.2 Å². The van der Waals surface area contributed by atoms with Crippen LogP contribution in [0, 0.1) is 0 Å². The Bertz CT molecular complexity index is 939. The summed E-state index contributed by atoms with van der Waals surface area (Å²) in [5.74, 6) is 0. The summed E-state index contributed by atoms with van der Waals surface area (Å²) in [4.78, 5) is 8.98. The summed E-state index contributed by atoms with van der Waals surface area (Å²) in [5, 5.41) is 9.20. The third-order valence-electron chi connectivity index (χ3n) is 3.41. The van der Waals surface area contributed by atoms with Crippen LogP contribution < -0.4 is 0 Å². The molecule has 3 heterocycles. The van der Waals surface area contributed by atoms with Gasteiger partial charge < -0.3 is 0 Å². The lowest BCUT2D eigenvalue weighted by molar-refractivity contribution is 1.12. The Balaban J connectivity index is 1.81. The van der Waals surface area contributed by atoms with E-state index in [0.717, 1.165) is 33.2 Å². The van der Waals surface area contributed by atoms with Crippen LogP contribution in [0.25, 0.3) is 34.0 Å². The van der Waals surface area contributed by atoms with Crippen molar-refractivity contribution in [3.63, 3.8) is 0 Å². The van der Waals surface area contributed by atoms with E-state index in [1.807, 2.05) is 48.7 Å². The van der Waals surface area contributed by atoms with E-state index < -0.39 is 0 Å². The van der Waals surface area contributed by atoms with E-state index in [1.165, 1.54) is 0 Å². The molecule has 0 fully saturated rings. The van der Waals surface area contributed by atoms with Crippen LogP contribution in [0.5, 0.6) is 0 Å². The molecule has 0 saturated carbocycles. The number of nitrogens with one attached hydrogen (secondary N) is 1. The van der Waals surface area contributed by atoms with Gasteiger partial charge in [-0.2, -0.15) is 5.10 Å². The molecule has 0 unspecified atom stereocenters. The number of nitrogens with zero attached hydrogens (tertiary/aromatic N) is 3. The maximum Gasteiger partial charge on any atom is 0.0819 e. The van der Waals surface area contributed by atoms with Gasteiger partial charge >= 0.3 is 0 Å². The predicted molar refractivity (Wildman–Crippen MR) is 84.6 cm³/mol. The fourth-order valence-electron chi connectivity index (χ4n) is 2.36. The quantitative estimate of drug-likeness (QED) is 0.605. The Hall–Kier alpha value is -3.01. The Morgan fingerprint density at radius 2 is 1.81 bits per heavy atom. The molecule has 1 aromatic carbocycles. The van der Waals surface area contributed by atoms with E-state index in [4.69, 9.17) is 4.98 Å². The first-order valence-corrected chi connectivity index (χ1v) is 6.72. The van der Waals surface area contributed by atoms with Crippen molar-refractivity contribution in [2.75, 3.05) is 0 Å². The van der Waals surface area contributed by atoms with Gasteiger partial charge in [-0.25, -0.2) is 4.98 Å². The molecule has 0 saturated heterocycles. The molecule has 0 radical (unpaired) electrons. The van der Waals surface area contributed by atoms with Gasteiger partial charge in [-0.1, -0.05) is 18.2 Å². The lowest BCUT2D eigenvalue weighted by Gasteiger charge is -2.00. The third-order valence-corrected chi connectivity index (χ3v) is 3.41. The van der Waals surface area contributed by atoms with Crippen molar-refractivity contribution in [1.29, 1.82) is 0 Å². The fourth-order valence-corrected chi connectivity index (χ4v) is 2.36. The summed E-state index contributed by atoms with van der Waals surface area (Å²) in [6.07, 6.45) is 7.53. The molecule has 21 heavy (non-hydrogen) atoms. The maximum atomic E-state index is 4.72. The molecule has 0 bridgehead atoms. The number of benzene rings is 1. The number of aromatic amines is 1. The Labute approximate surface area is 121 Å². The molecule has 4 aromatic rings. The molecule has 0 spiro atoms. The number of H-pyrrole nitrogens is 1. The first-order valence-electron chi connectivity index (χ1n) is 6.72. The van der Waals surface area contributed by atoms with Gasteiger partial charge in [0.05, 0.1) is 28.6 Å². The average molecular weight is 272 g/mol. The molecule has 0 aliphatic rings. The highest BCUT2D eigenvalue weighted by atomic mass is 15.1. The highest BCUT2D eigenvalue weighted by Crippen LogP contribution is 2.22. The van der Waals surface area contributed by atoms with Crippen molar-refractivity contribution in [2.24, 2.45) is 0 Å². The van der Waals surface area contributed by atoms with Gasteiger partial charge in [-0.15, -0.1) is 0 Å². The van der Waals surface area contributed by atoms with Crippen LogP contribution in [0.4, 0.5) is 0 Å².